The van der Waals surface area contributed by atoms with Gasteiger partial charge in [-0.2, -0.15) is 0 Å². The van der Waals surface area contributed by atoms with Gasteiger partial charge in [-0.15, -0.1) is 11.5 Å². The highest BCUT2D eigenvalue weighted by atomic mass is 14.3. The van der Waals surface area contributed by atoms with Crippen LogP contribution in [-0.4, -0.2) is 0 Å². The van der Waals surface area contributed by atoms with Gasteiger partial charge in [-0.1, -0.05) is 78.2 Å². The van der Waals surface area contributed by atoms with Crippen LogP contribution in [0, 0.1) is 23.7 Å². The van der Waals surface area contributed by atoms with Crippen molar-refractivity contribution in [3.05, 3.63) is 59.6 Å². The summed E-state index contributed by atoms with van der Waals surface area (Å²) in [6, 6.07) is 0. The van der Waals surface area contributed by atoms with Crippen molar-refractivity contribution >= 4 is 0 Å². The Morgan fingerprint density at radius 3 is 2.41 bits per heavy atom. The van der Waals surface area contributed by atoms with E-state index in [1.807, 2.05) is 0 Å². The maximum absolute atomic E-state index is 3.90. The minimum atomic E-state index is 0.582. The highest BCUT2D eigenvalue weighted by Gasteiger charge is 2.25. The molecule has 0 saturated heterocycles. The van der Waals surface area contributed by atoms with Gasteiger partial charge in [0.2, 0.25) is 0 Å². The van der Waals surface area contributed by atoms with Gasteiger partial charge in [-0.05, 0) is 79.6 Å². The third-order valence-electron chi connectivity index (χ3n) is 5.75. The molecule has 27 heavy (non-hydrogen) atoms. The number of allylic oxidation sites excluding steroid dienone is 6. The molecular formula is C27H42. The Labute approximate surface area is 169 Å². The van der Waals surface area contributed by atoms with Crippen molar-refractivity contribution in [2.45, 2.75) is 86.0 Å². The molecule has 0 heterocycles. The molecule has 0 heteroatoms. The summed E-state index contributed by atoms with van der Waals surface area (Å²) in [6.07, 6.45) is 21.1. The van der Waals surface area contributed by atoms with E-state index in [-0.39, 0.29) is 0 Å². The van der Waals surface area contributed by atoms with Crippen LogP contribution in [0.4, 0.5) is 0 Å². The Morgan fingerprint density at radius 2 is 1.89 bits per heavy atom. The molecule has 0 bridgehead atoms. The van der Waals surface area contributed by atoms with Crippen LogP contribution < -0.4 is 0 Å². The van der Waals surface area contributed by atoms with Gasteiger partial charge in [0.25, 0.3) is 0 Å². The van der Waals surface area contributed by atoms with Crippen molar-refractivity contribution in [3.8, 4) is 0 Å². The lowest BCUT2D eigenvalue weighted by Gasteiger charge is -2.31. The first-order valence-corrected chi connectivity index (χ1v) is 11.2. The molecular weight excluding hydrogens is 324 g/mol. The monoisotopic (exact) mass is 366 g/mol. The van der Waals surface area contributed by atoms with Crippen LogP contribution >= 0.6 is 0 Å². The summed E-state index contributed by atoms with van der Waals surface area (Å²) in [6.45, 7) is 15.5. The molecule has 3 atom stereocenters. The molecule has 0 amide bonds. The number of hydrogen-bond acceptors (Lipinski definition) is 0. The first kappa shape index (κ1) is 23.6. The van der Waals surface area contributed by atoms with E-state index in [4.69, 9.17) is 0 Å². The summed E-state index contributed by atoms with van der Waals surface area (Å²) in [5.41, 5.74) is 9.36. The average molecular weight is 367 g/mol. The lowest BCUT2D eigenvalue weighted by atomic mass is 9.74. The van der Waals surface area contributed by atoms with Crippen LogP contribution in [0.2, 0.25) is 0 Å². The topological polar surface area (TPSA) is 0 Å². The molecule has 1 rings (SSSR count). The van der Waals surface area contributed by atoms with Crippen LogP contribution in [-0.2, 0) is 0 Å². The average Bonchev–Trinajstić information content (AvgIpc) is 2.56. The summed E-state index contributed by atoms with van der Waals surface area (Å²) < 4.78 is 0. The lowest BCUT2D eigenvalue weighted by Crippen LogP contribution is -2.21. The molecule has 3 unspecified atom stereocenters. The molecule has 0 aliphatic heterocycles. The van der Waals surface area contributed by atoms with Gasteiger partial charge in [-0.3, -0.25) is 0 Å². The van der Waals surface area contributed by atoms with Crippen molar-refractivity contribution in [3.63, 3.8) is 0 Å². The molecule has 0 saturated carbocycles. The van der Waals surface area contributed by atoms with Crippen LogP contribution in [0.3, 0.4) is 0 Å². The fraction of sp³-hybridized carbons (Fsp3) is 0.630. The molecule has 0 nitrogen and oxygen atoms in total. The van der Waals surface area contributed by atoms with Crippen molar-refractivity contribution in [1.29, 1.82) is 0 Å². The minimum Gasteiger partial charge on any atom is -0.133 e. The summed E-state index contributed by atoms with van der Waals surface area (Å²) >= 11 is 0. The fourth-order valence-electron chi connectivity index (χ4n) is 4.16. The molecule has 0 aromatic rings. The zero-order valence-electron chi connectivity index (χ0n) is 18.6. The molecule has 0 aromatic heterocycles. The predicted molar refractivity (Wildman–Crippen MR) is 122 cm³/mol. The quantitative estimate of drug-likeness (QED) is 0.213. The van der Waals surface area contributed by atoms with Gasteiger partial charge in [0.15, 0.2) is 0 Å². The highest BCUT2D eigenvalue weighted by molar-refractivity contribution is 5.42. The summed E-state index contributed by atoms with van der Waals surface area (Å²) in [5, 5.41) is 0. The largest absolute Gasteiger partial charge is 0.133 e. The maximum Gasteiger partial charge on any atom is -0.0110 e. The van der Waals surface area contributed by atoms with E-state index >= 15 is 0 Å². The van der Waals surface area contributed by atoms with E-state index in [2.05, 4.69) is 83.0 Å². The molecule has 1 aliphatic rings. The normalized spacial score (nSPS) is 16.3. The Kier molecular flexibility index (Phi) is 11.9. The van der Waals surface area contributed by atoms with Gasteiger partial charge in [-0.25, -0.2) is 0 Å². The van der Waals surface area contributed by atoms with Crippen LogP contribution in [0.1, 0.15) is 86.0 Å². The van der Waals surface area contributed by atoms with Crippen LogP contribution in [0.25, 0.3) is 0 Å². The molecule has 0 aromatic carbocycles. The Hall–Kier alpha value is -1.48. The Morgan fingerprint density at radius 1 is 1.15 bits per heavy atom. The second kappa shape index (κ2) is 13.7. The third kappa shape index (κ3) is 8.83. The molecule has 0 fully saturated rings. The SMILES string of the molecule is C=C=CC(CCCC(C)C)C(CC=CCC)C(C)CC(CCC)=C1C=C=C1. The third-order valence-corrected chi connectivity index (χ3v) is 5.75. The first-order valence-electron chi connectivity index (χ1n) is 11.2. The first-order chi connectivity index (χ1) is 13.0. The summed E-state index contributed by atoms with van der Waals surface area (Å²) in [4.78, 5) is 0. The molecule has 1 aliphatic carbocycles. The van der Waals surface area contributed by atoms with Gasteiger partial charge in [0.05, 0.1) is 0 Å². The zero-order valence-corrected chi connectivity index (χ0v) is 18.6. The van der Waals surface area contributed by atoms with Gasteiger partial charge in [0.1, 0.15) is 0 Å². The minimum absolute atomic E-state index is 0.582. The van der Waals surface area contributed by atoms with Crippen molar-refractivity contribution < 1.29 is 0 Å². The molecule has 0 radical (unpaired) electrons. The van der Waals surface area contributed by atoms with E-state index in [0.29, 0.717) is 17.8 Å². The Balaban J connectivity index is 2.92. The van der Waals surface area contributed by atoms with Crippen molar-refractivity contribution in [2.24, 2.45) is 23.7 Å². The highest BCUT2D eigenvalue weighted by Crippen LogP contribution is 2.36. The smallest absolute Gasteiger partial charge is 0.0110 e. The Bertz CT molecular complexity index is 576. The van der Waals surface area contributed by atoms with E-state index in [1.165, 1.54) is 50.5 Å². The number of rotatable bonds is 14. The standard InChI is InChI=1S/C27H42/c1-7-10-11-20-27(25(14-8-2)19-12-16-22(4)5)23(6)21-26(15-9-3)24-17-13-18-24/h10-11,14,17-18,22-23,25,27H,2,7,9,12,15-16,19-21H2,1,3-6H3. The number of hydrogen-bond donors (Lipinski definition) is 0. The summed E-state index contributed by atoms with van der Waals surface area (Å²) in [7, 11) is 0. The maximum atomic E-state index is 3.90. The van der Waals surface area contributed by atoms with Crippen LogP contribution in [0.15, 0.2) is 59.6 Å². The van der Waals surface area contributed by atoms with Gasteiger partial charge < -0.3 is 0 Å². The van der Waals surface area contributed by atoms with Gasteiger partial charge in [0, 0.05) is 0 Å². The zero-order chi connectivity index (χ0) is 20.1. The van der Waals surface area contributed by atoms with Crippen molar-refractivity contribution in [1.82, 2.24) is 0 Å². The molecule has 0 N–H and O–H groups in total. The second-order valence-corrected chi connectivity index (χ2v) is 8.58. The lowest BCUT2D eigenvalue weighted by molar-refractivity contribution is 0.258. The second-order valence-electron chi connectivity index (χ2n) is 8.58. The van der Waals surface area contributed by atoms with E-state index in [9.17, 15) is 0 Å². The fourth-order valence-corrected chi connectivity index (χ4v) is 4.16. The molecule has 150 valence electrons. The summed E-state index contributed by atoms with van der Waals surface area (Å²) in [5.74, 6) is 2.69. The molecule has 0 spiro atoms. The van der Waals surface area contributed by atoms with Gasteiger partial charge >= 0.3 is 0 Å². The van der Waals surface area contributed by atoms with E-state index in [0.717, 1.165) is 12.3 Å². The van der Waals surface area contributed by atoms with Crippen molar-refractivity contribution in [2.75, 3.05) is 0 Å². The van der Waals surface area contributed by atoms with E-state index < -0.39 is 0 Å². The van der Waals surface area contributed by atoms with Crippen LogP contribution in [0.5, 0.6) is 0 Å². The van der Waals surface area contributed by atoms with E-state index in [1.54, 1.807) is 5.57 Å². The predicted octanol–water partition coefficient (Wildman–Crippen LogP) is 8.59.